The molecule has 0 aromatic carbocycles. The summed E-state index contributed by atoms with van der Waals surface area (Å²) in [5, 5.41) is 10.4. The summed E-state index contributed by atoms with van der Waals surface area (Å²) in [6.45, 7) is 23.1. The summed E-state index contributed by atoms with van der Waals surface area (Å²) < 4.78 is 28.4. The van der Waals surface area contributed by atoms with Gasteiger partial charge in [0.15, 0.2) is 8.32 Å². The first-order valence-electron chi connectivity index (χ1n) is 12.9. The van der Waals surface area contributed by atoms with E-state index in [1.807, 2.05) is 32.1 Å². The van der Waals surface area contributed by atoms with Crippen molar-refractivity contribution in [2.75, 3.05) is 40.5 Å². The number of rotatable bonds is 19. The molecule has 0 bridgehead atoms. The van der Waals surface area contributed by atoms with Crippen LogP contribution in [-0.2, 0) is 36.5 Å². The average Bonchev–Trinajstić information content (AvgIpc) is 2.75. The quantitative estimate of drug-likeness (QED) is 0.0954. The molecule has 222 valence electrons. The topological polar surface area (TPSA) is 124 Å². The normalized spacial score (nSPS) is 11.8. The number of carbonyl (C=O) groups is 3. The van der Waals surface area contributed by atoms with Gasteiger partial charge in [0, 0.05) is 43.6 Å². The number of carboxylic acids is 1. The molecule has 0 unspecified atom stereocenters. The lowest BCUT2D eigenvalue weighted by atomic mass is 10.2. The van der Waals surface area contributed by atoms with Crippen molar-refractivity contribution in [1.82, 2.24) is 4.90 Å². The summed E-state index contributed by atoms with van der Waals surface area (Å²) in [7, 11) is -2.59. The lowest BCUT2D eigenvalue weighted by molar-refractivity contribution is -0.304. The number of hydrogen-bond acceptors (Lipinski definition) is 10. The molecule has 0 aliphatic carbocycles. The third-order valence-electron chi connectivity index (χ3n) is 4.71. The first-order valence-corrected chi connectivity index (χ1v) is 21.6. The van der Waals surface area contributed by atoms with E-state index in [0.29, 0.717) is 19.6 Å². The van der Waals surface area contributed by atoms with Crippen LogP contribution in [0.2, 0.25) is 45.3 Å². The van der Waals surface area contributed by atoms with Crippen molar-refractivity contribution in [2.24, 2.45) is 0 Å². The van der Waals surface area contributed by atoms with Crippen LogP contribution in [0.5, 0.6) is 0 Å². The van der Waals surface area contributed by atoms with Crippen molar-refractivity contribution in [1.29, 1.82) is 0 Å². The predicted octanol–water partition coefficient (Wildman–Crippen LogP) is 3.35. The molecule has 0 aromatic heterocycles. The number of ether oxygens (including phenoxy) is 2. The Morgan fingerprint density at radius 3 is 2.00 bits per heavy atom. The van der Waals surface area contributed by atoms with E-state index in [4.69, 9.17) is 22.1 Å². The maximum Gasteiger partial charge on any atom is 0.333 e. The molecular formula is C25H50NO9Si3-. The standard InChI is InChI=1S/C18H38O7Si3.C7H13NO2/c1-9-10-14-26(3,4)24-28(7,8)25-27(5,6)23-13-11-12-22-18(21)16(2)15-17(19)20;1-4-7(9)10-6-5-8(2)3/h2,9-15H2,1,3-8H3,(H,19,20);4H,1,5-6H2,2-3H3/p-1. The predicted molar refractivity (Wildman–Crippen MR) is 154 cm³/mol. The maximum absolute atomic E-state index is 11.6. The SMILES string of the molecule is C=C(CC(=O)[O-])C(=O)OCCCO[Si](C)(C)O[Si](C)(C)O[Si](C)(C)CCCC.C=CC(=O)OCCN(C)C. The molecule has 0 spiro atoms. The number of esters is 2. The van der Waals surface area contributed by atoms with E-state index in [9.17, 15) is 19.5 Å². The number of nitrogens with zero attached hydrogens (tertiary/aromatic N) is 1. The van der Waals surface area contributed by atoms with E-state index in [0.717, 1.165) is 25.1 Å². The number of carbonyl (C=O) groups excluding carboxylic acids is 3. The molecule has 38 heavy (non-hydrogen) atoms. The summed E-state index contributed by atoms with van der Waals surface area (Å²) in [6.07, 6.45) is 3.46. The van der Waals surface area contributed by atoms with E-state index in [1.54, 1.807) is 0 Å². The zero-order chi connectivity index (χ0) is 30.0. The van der Waals surface area contributed by atoms with Gasteiger partial charge in [0.05, 0.1) is 6.61 Å². The van der Waals surface area contributed by atoms with Crippen molar-refractivity contribution in [3.8, 4) is 0 Å². The van der Waals surface area contributed by atoms with Crippen LogP contribution in [0, 0.1) is 0 Å². The van der Waals surface area contributed by atoms with Gasteiger partial charge in [-0.05, 0) is 59.4 Å². The van der Waals surface area contributed by atoms with Crippen molar-refractivity contribution < 1.29 is 41.6 Å². The van der Waals surface area contributed by atoms with Crippen LogP contribution in [0.4, 0.5) is 0 Å². The highest BCUT2D eigenvalue weighted by atomic mass is 28.5. The zero-order valence-corrected chi connectivity index (χ0v) is 28.0. The number of hydrogen-bond donors (Lipinski definition) is 0. The molecule has 13 heteroatoms. The Balaban J connectivity index is 0. The molecule has 0 radical (unpaired) electrons. The monoisotopic (exact) mass is 592 g/mol. The molecule has 0 amide bonds. The highest BCUT2D eigenvalue weighted by Crippen LogP contribution is 2.24. The van der Waals surface area contributed by atoms with Gasteiger partial charge in [-0.2, -0.15) is 0 Å². The van der Waals surface area contributed by atoms with Crippen LogP contribution in [0.25, 0.3) is 0 Å². The first kappa shape index (κ1) is 38.5. The molecule has 0 rings (SSSR count). The molecule has 0 aliphatic heterocycles. The van der Waals surface area contributed by atoms with Crippen molar-refractivity contribution in [2.45, 2.75) is 77.9 Å². The van der Waals surface area contributed by atoms with E-state index in [1.165, 1.54) is 6.42 Å². The Labute approximate surface area is 232 Å². The average molecular weight is 593 g/mol. The van der Waals surface area contributed by atoms with Crippen molar-refractivity contribution in [3.05, 3.63) is 24.8 Å². The lowest BCUT2D eigenvalue weighted by Gasteiger charge is -2.38. The zero-order valence-electron chi connectivity index (χ0n) is 25.0. The number of aliphatic carboxylic acids is 1. The Bertz CT molecular complexity index is 756. The molecule has 0 aliphatic rings. The van der Waals surface area contributed by atoms with Crippen LogP contribution in [0.1, 0.15) is 32.6 Å². The highest BCUT2D eigenvalue weighted by Gasteiger charge is 2.40. The minimum Gasteiger partial charge on any atom is -0.550 e. The van der Waals surface area contributed by atoms with Crippen LogP contribution < -0.4 is 5.11 Å². The van der Waals surface area contributed by atoms with E-state index >= 15 is 0 Å². The van der Waals surface area contributed by atoms with Gasteiger partial charge in [0.2, 0.25) is 0 Å². The van der Waals surface area contributed by atoms with E-state index in [-0.39, 0.29) is 18.1 Å². The highest BCUT2D eigenvalue weighted by molar-refractivity contribution is 6.86. The third-order valence-corrected chi connectivity index (χ3v) is 15.3. The largest absolute Gasteiger partial charge is 0.550 e. The van der Waals surface area contributed by atoms with Gasteiger partial charge < -0.3 is 36.9 Å². The lowest BCUT2D eigenvalue weighted by Crippen LogP contribution is -2.53. The van der Waals surface area contributed by atoms with Gasteiger partial charge in [-0.1, -0.05) is 32.9 Å². The van der Waals surface area contributed by atoms with Gasteiger partial charge >= 0.3 is 29.1 Å². The fraction of sp³-hybridized carbons (Fsp3) is 0.720. The van der Waals surface area contributed by atoms with E-state index in [2.05, 4.69) is 46.3 Å². The van der Waals surface area contributed by atoms with Crippen LogP contribution >= 0.6 is 0 Å². The van der Waals surface area contributed by atoms with Crippen LogP contribution in [0.3, 0.4) is 0 Å². The Kier molecular flexibility index (Phi) is 19.7. The Morgan fingerprint density at radius 1 is 0.895 bits per heavy atom. The molecule has 0 saturated heterocycles. The summed E-state index contributed by atoms with van der Waals surface area (Å²) >= 11 is 0. The third kappa shape index (κ3) is 23.5. The Morgan fingerprint density at radius 2 is 1.50 bits per heavy atom. The molecule has 0 heterocycles. The van der Waals surface area contributed by atoms with Gasteiger partial charge in [0.25, 0.3) is 0 Å². The second-order valence-corrected chi connectivity index (χ2v) is 22.1. The second kappa shape index (κ2) is 19.4. The van der Waals surface area contributed by atoms with Gasteiger partial charge in [-0.25, -0.2) is 9.59 Å². The first-order chi connectivity index (χ1) is 17.4. The maximum atomic E-state index is 11.6. The molecule has 0 N–H and O–H groups in total. The molecular weight excluding hydrogens is 543 g/mol. The second-order valence-electron chi connectivity index (χ2n) is 10.5. The number of carboxylic acid groups (broad SMARTS) is 1. The smallest absolute Gasteiger partial charge is 0.333 e. The van der Waals surface area contributed by atoms with Crippen LogP contribution in [-0.4, -0.2) is 88.7 Å². The van der Waals surface area contributed by atoms with Gasteiger partial charge in [-0.3, -0.25) is 0 Å². The molecule has 0 saturated carbocycles. The minimum atomic E-state index is -2.38. The minimum absolute atomic E-state index is 0.126. The molecule has 10 nitrogen and oxygen atoms in total. The fourth-order valence-electron chi connectivity index (χ4n) is 3.24. The fourth-order valence-corrected chi connectivity index (χ4v) is 16.3. The van der Waals surface area contributed by atoms with Gasteiger partial charge in [0.1, 0.15) is 6.61 Å². The van der Waals surface area contributed by atoms with Gasteiger partial charge in [-0.15, -0.1) is 0 Å². The summed E-state index contributed by atoms with van der Waals surface area (Å²) in [4.78, 5) is 34.4. The molecule has 0 aromatic rings. The number of unbranched alkanes of at least 4 members (excludes halogenated alkanes) is 1. The summed E-state index contributed by atoms with van der Waals surface area (Å²) in [6, 6.07) is 1.13. The molecule has 0 fully saturated rings. The Hall–Kier alpha value is -1.62. The van der Waals surface area contributed by atoms with E-state index < -0.39 is 43.8 Å². The summed E-state index contributed by atoms with van der Waals surface area (Å²) in [5.41, 5.74) is -0.126. The van der Waals surface area contributed by atoms with Crippen molar-refractivity contribution in [3.63, 3.8) is 0 Å². The number of likely N-dealkylation sites (N-methyl/N-ethyl adjacent to an activating group) is 1. The molecule has 0 atom stereocenters. The van der Waals surface area contributed by atoms with Crippen LogP contribution in [0.15, 0.2) is 24.8 Å². The van der Waals surface area contributed by atoms with Crippen molar-refractivity contribution >= 4 is 43.3 Å². The summed E-state index contributed by atoms with van der Waals surface area (Å²) in [5.74, 6) is -2.44.